The first-order valence-electron chi connectivity index (χ1n) is 6.07. The molecule has 17 heavy (non-hydrogen) atoms. The van der Waals surface area contributed by atoms with Crippen LogP contribution in [0.2, 0.25) is 0 Å². The third-order valence-electron chi connectivity index (χ3n) is 3.19. The normalized spacial score (nSPS) is 15.4. The smallest absolute Gasteiger partial charge is 0.227 e. The van der Waals surface area contributed by atoms with Gasteiger partial charge in [-0.2, -0.15) is 5.26 Å². The molecule has 1 heterocycles. The molecule has 88 valence electrons. The van der Waals surface area contributed by atoms with Gasteiger partial charge in [-0.25, -0.2) is 0 Å². The summed E-state index contributed by atoms with van der Waals surface area (Å²) in [6.45, 7) is 1.74. The number of carbonyl (C=O) groups is 1. The van der Waals surface area contributed by atoms with Crippen molar-refractivity contribution in [3.05, 3.63) is 35.4 Å². The van der Waals surface area contributed by atoms with Gasteiger partial charge in [0.25, 0.3) is 0 Å². The molecule has 1 aromatic carbocycles. The first-order valence-corrected chi connectivity index (χ1v) is 6.07. The van der Waals surface area contributed by atoms with Crippen molar-refractivity contribution in [1.29, 1.82) is 5.26 Å². The number of likely N-dealkylation sites (tertiary alicyclic amines) is 1. The second-order valence-electron chi connectivity index (χ2n) is 4.39. The molecule has 0 atom stereocenters. The predicted molar refractivity (Wildman–Crippen MR) is 65.3 cm³/mol. The Kier molecular flexibility index (Phi) is 3.77. The van der Waals surface area contributed by atoms with Crippen LogP contribution in [-0.2, 0) is 11.2 Å². The van der Waals surface area contributed by atoms with E-state index in [0.717, 1.165) is 31.5 Å². The number of hydrogen-bond acceptors (Lipinski definition) is 2. The molecule has 0 saturated carbocycles. The van der Waals surface area contributed by atoms with Crippen LogP contribution in [0.5, 0.6) is 0 Å². The van der Waals surface area contributed by atoms with Crippen molar-refractivity contribution in [2.24, 2.45) is 0 Å². The van der Waals surface area contributed by atoms with Gasteiger partial charge in [0.05, 0.1) is 18.1 Å². The van der Waals surface area contributed by atoms with Gasteiger partial charge in [-0.05, 0) is 30.9 Å². The molecule has 0 radical (unpaired) electrons. The van der Waals surface area contributed by atoms with Crippen molar-refractivity contribution in [3.8, 4) is 6.07 Å². The molecule has 2 rings (SSSR count). The minimum Gasteiger partial charge on any atom is -0.342 e. The molecule has 0 aromatic heterocycles. The third kappa shape index (κ3) is 2.85. The van der Waals surface area contributed by atoms with E-state index >= 15 is 0 Å². The molecule has 1 aliphatic rings. The minimum absolute atomic E-state index is 0.146. The molecule has 0 aliphatic carbocycles. The maximum Gasteiger partial charge on any atom is 0.227 e. The van der Waals surface area contributed by atoms with E-state index in [0.29, 0.717) is 12.0 Å². The third-order valence-corrected chi connectivity index (χ3v) is 3.19. The fourth-order valence-corrected chi connectivity index (χ4v) is 2.20. The van der Waals surface area contributed by atoms with Gasteiger partial charge in [0.2, 0.25) is 5.91 Å². The Balaban J connectivity index is 2.05. The molecule has 0 bridgehead atoms. The summed E-state index contributed by atoms with van der Waals surface area (Å²) >= 11 is 0. The SMILES string of the molecule is N#Cc1ccccc1CC(=O)N1CCCCC1. The Labute approximate surface area is 102 Å². The van der Waals surface area contributed by atoms with Crippen LogP contribution in [0.3, 0.4) is 0 Å². The lowest BCUT2D eigenvalue weighted by Gasteiger charge is -2.26. The summed E-state index contributed by atoms with van der Waals surface area (Å²) in [6.07, 6.45) is 3.78. The lowest BCUT2D eigenvalue weighted by molar-refractivity contribution is -0.131. The summed E-state index contributed by atoms with van der Waals surface area (Å²) in [4.78, 5) is 14.0. The molecule has 1 saturated heterocycles. The number of carbonyl (C=O) groups excluding carboxylic acids is 1. The Bertz CT molecular complexity index is 442. The van der Waals surface area contributed by atoms with Gasteiger partial charge < -0.3 is 4.90 Å². The fraction of sp³-hybridized carbons (Fsp3) is 0.429. The first kappa shape index (κ1) is 11.7. The first-order chi connectivity index (χ1) is 8.31. The van der Waals surface area contributed by atoms with Crippen LogP contribution in [0.1, 0.15) is 30.4 Å². The zero-order valence-electron chi connectivity index (χ0n) is 9.85. The van der Waals surface area contributed by atoms with Crippen LogP contribution in [-0.4, -0.2) is 23.9 Å². The maximum absolute atomic E-state index is 12.1. The second kappa shape index (κ2) is 5.49. The maximum atomic E-state index is 12.1. The van der Waals surface area contributed by atoms with Crippen LogP contribution in [0.25, 0.3) is 0 Å². The van der Waals surface area contributed by atoms with Crippen molar-refractivity contribution in [1.82, 2.24) is 4.90 Å². The lowest BCUT2D eigenvalue weighted by atomic mass is 10.0. The predicted octanol–water partition coefficient (Wildman–Crippen LogP) is 2.11. The highest BCUT2D eigenvalue weighted by Gasteiger charge is 2.17. The van der Waals surface area contributed by atoms with E-state index in [-0.39, 0.29) is 5.91 Å². The van der Waals surface area contributed by atoms with Gasteiger partial charge in [-0.15, -0.1) is 0 Å². The molecular formula is C14H16N2O. The van der Waals surface area contributed by atoms with Crippen LogP contribution in [0.4, 0.5) is 0 Å². The highest BCUT2D eigenvalue weighted by Crippen LogP contribution is 2.13. The summed E-state index contributed by atoms with van der Waals surface area (Å²) in [6, 6.07) is 9.46. The molecule has 1 amide bonds. The number of rotatable bonds is 2. The molecule has 0 unspecified atom stereocenters. The van der Waals surface area contributed by atoms with E-state index < -0.39 is 0 Å². The Morgan fingerprint density at radius 3 is 2.65 bits per heavy atom. The van der Waals surface area contributed by atoms with Crippen LogP contribution < -0.4 is 0 Å². The molecule has 1 aromatic rings. The average molecular weight is 228 g/mol. The number of benzene rings is 1. The van der Waals surface area contributed by atoms with Crippen LogP contribution in [0.15, 0.2) is 24.3 Å². The molecule has 1 aliphatic heterocycles. The van der Waals surface area contributed by atoms with Crippen molar-refractivity contribution in [3.63, 3.8) is 0 Å². The number of piperidine rings is 1. The number of nitrogens with zero attached hydrogens (tertiary/aromatic N) is 2. The van der Waals surface area contributed by atoms with Gasteiger partial charge in [-0.3, -0.25) is 4.79 Å². The molecular weight excluding hydrogens is 212 g/mol. The topological polar surface area (TPSA) is 44.1 Å². The zero-order valence-corrected chi connectivity index (χ0v) is 9.85. The van der Waals surface area contributed by atoms with Crippen LogP contribution in [0, 0.1) is 11.3 Å². The molecule has 3 heteroatoms. The largest absolute Gasteiger partial charge is 0.342 e. The van der Waals surface area contributed by atoms with Crippen LogP contribution >= 0.6 is 0 Å². The molecule has 1 fully saturated rings. The summed E-state index contributed by atoms with van der Waals surface area (Å²) in [7, 11) is 0. The van der Waals surface area contributed by atoms with Gasteiger partial charge in [0.1, 0.15) is 0 Å². The molecule has 0 N–H and O–H groups in total. The van der Waals surface area contributed by atoms with Crippen molar-refractivity contribution in [2.45, 2.75) is 25.7 Å². The van der Waals surface area contributed by atoms with Gasteiger partial charge >= 0.3 is 0 Å². The Morgan fingerprint density at radius 2 is 1.94 bits per heavy atom. The average Bonchev–Trinajstić information content (AvgIpc) is 2.40. The second-order valence-corrected chi connectivity index (χ2v) is 4.39. The van der Waals surface area contributed by atoms with Gasteiger partial charge in [0, 0.05) is 13.1 Å². The zero-order chi connectivity index (χ0) is 12.1. The van der Waals surface area contributed by atoms with Gasteiger partial charge in [0.15, 0.2) is 0 Å². The van der Waals surface area contributed by atoms with E-state index in [4.69, 9.17) is 5.26 Å². The minimum atomic E-state index is 0.146. The van der Waals surface area contributed by atoms with Crippen molar-refractivity contribution >= 4 is 5.91 Å². The van der Waals surface area contributed by atoms with Crippen molar-refractivity contribution < 1.29 is 4.79 Å². The summed E-state index contributed by atoms with van der Waals surface area (Å²) in [5, 5.41) is 8.97. The summed E-state index contributed by atoms with van der Waals surface area (Å²) in [5.41, 5.74) is 1.45. The standard InChI is InChI=1S/C14H16N2O/c15-11-13-7-3-2-6-12(13)10-14(17)16-8-4-1-5-9-16/h2-3,6-7H,1,4-5,8-10H2. The van der Waals surface area contributed by atoms with Gasteiger partial charge in [-0.1, -0.05) is 18.2 Å². The Morgan fingerprint density at radius 1 is 1.24 bits per heavy atom. The number of hydrogen-bond donors (Lipinski definition) is 0. The monoisotopic (exact) mass is 228 g/mol. The van der Waals surface area contributed by atoms with E-state index in [1.165, 1.54) is 6.42 Å². The summed E-state index contributed by atoms with van der Waals surface area (Å²) < 4.78 is 0. The molecule has 0 spiro atoms. The van der Waals surface area contributed by atoms with E-state index in [1.807, 2.05) is 23.1 Å². The number of amides is 1. The summed E-state index contributed by atoms with van der Waals surface area (Å²) in [5.74, 6) is 0.146. The quantitative estimate of drug-likeness (QED) is 0.778. The highest BCUT2D eigenvalue weighted by molar-refractivity contribution is 5.79. The number of nitriles is 1. The lowest BCUT2D eigenvalue weighted by Crippen LogP contribution is -2.36. The highest BCUT2D eigenvalue weighted by atomic mass is 16.2. The fourth-order valence-electron chi connectivity index (χ4n) is 2.20. The van der Waals surface area contributed by atoms with E-state index in [1.54, 1.807) is 6.07 Å². The molecule has 3 nitrogen and oxygen atoms in total. The Hall–Kier alpha value is -1.82. The van der Waals surface area contributed by atoms with Crippen molar-refractivity contribution in [2.75, 3.05) is 13.1 Å². The van der Waals surface area contributed by atoms with E-state index in [9.17, 15) is 4.79 Å². The van der Waals surface area contributed by atoms with E-state index in [2.05, 4.69) is 6.07 Å².